The Balaban J connectivity index is 0.922. The number of rotatable bonds is 6. The number of hydrogen-bond acceptors (Lipinski definition) is 4. The highest BCUT2D eigenvalue weighted by atomic mass is 32.1. The second kappa shape index (κ2) is 13.1. The van der Waals surface area contributed by atoms with Gasteiger partial charge in [0.15, 0.2) is 0 Å². The Morgan fingerprint density at radius 1 is 0.310 bits per heavy atom. The SMILES string of the molecule is c1ccc(-c2cccc(N(c3ccccc3)c3ccc4c(c3)sc3ccc(-c5ccc6oc7c(-c8ccc9c(c8)oc8ccccc89)cccc7c6c5)cc34)c2)cc1. The Morgan fingerprint density at radius 3 is 1.84 bits per heavy atom. The summed E-state index contributed by atoms with van der Waals surface area (Å²) < 4.78 is 15.4. The Kier molecular flexibility index (Phi) is 7.40. The van der Waals surface area contributed by atoms with Crippen molar-refractivity contribution in [3.63, 3.8) is 0 Å². The van der Waals surface area contributed by atoms with Crippen molar-refractivity contribution in [2.75, 3.05) is 4.90 Å². The maximum atomic E-state index is 6.61. The van der Waals surface area contributed by atoms with Gasteiger partial charge in [-0.3, -0.25) is 0 Å². The van der Waals surface area contributed by atoms with Crippen LogP contribution < -0.4 is 4.90 Å². The fraction of sp³-hybridized carbons (Fsp3) is 0. The molecule has 3 heterocycles. The van der Waals surface area contributed by atoms with Crippen molar-refractivity contribution < 1.29 is 8.83 Å². The zero-order valence-corrected chi connectivity index (χ0v) is 32.0. The van der Waals surface area contributed by atoms with Gasteiger partial charge in [0.2, 0.25) is 0 Å². The molecule has 0 unspecified atom stereocenters. The molecule has 12 rings (SSSR count). The molecule has 0 saturated heterocycles. The van der Waals surface area contributed by atoms with Gasteiger partial charge in [0.1, 0.15) is 22.3 Å². The number of hydrogen-bond donors (Lipinski definition) is 0. The smallest absolute Gasteiger partial charge is 0.143 e. The number of nitrogens with zero attached hydrogens (tertiary/aromatic N) is 1. The van der Waals surface area contributed by atoms with Crippen LogP contribution in [0.1, 0.15) is 0 Å². The van der Waals surface area contributed by atoms with E-state index in [1.807, 2.05) is 23.5 Å². The molecule has 0 radical (unpaired) electrons. The lowest BCUT2D eigenvalue weighted by molar-refractivity contribution is 0.668. The Bertz CT molecular complexity index is 3520. The third-order valence-corrected chi connectivity index (χ3v) is 12.6. The summed E-state index contributed by atoms with van der Waals surface area (Å²) in [7, 11) is 0. The van der Waals surface area contributed by atoms with Crippen molar-refractivity contribution in [2.45, 2.75) is 0 Å². The van der Waals surface area contributed by atoms with Crippen molar-refractivity contribution in [3.8, 4) is 33.4 Å². The number of benzene rings is 9. The lowest BCUT2D eigenvalue weighted by Gasteiger charge is -2.26. The van der Waals surface area contributed by atoms with Gasteiger partial charge in [0.25, 0.3) is 0 Å². The van der Waals surface area contributed by atoms with Gasteiger partial charge in [-0.1, -0.05) is 121 Å². The van der Waals surface area contributed by atoms with E-state index in [0.29, 0.717) is 0 Å². The first-order chi connectivity index (χ1) is 28.7. The Hall–Kier alpha value is -7.40. The van der Waals surface area contributed by atoms with Gasteiger partial charge in [-0.15, -0.1) is 11.3 Å². The van der Waals surface area contributed by atoms with Gasteiger partial charge >= 0.3 is 0 Å². The van der Waals surface area contributed by atoms with Crippen molar-refractivity contribution in [1.82, 2.24) is 0 Å². The van der Waals surface area contributed by atoms with Crippen LogP contribution in [-0.2, 0) is 0 Å². The number of anilines is 3. The van der Waals surface area contributed by atoms with Crippen LogP contribution in [0.3, 0.4) is 0 Å². The number of para-hydroxylation sites is 3. The molecule has 0 fully saturated rings. The minimum absolute atomic E-state index is 0.878. The summed E-state index contributed by atoms with van der Waals surface area (Å²) in [5.41, 5.74) is 13.8. The van der Waals surface area contributed by atoms with E-state index in [1.165, 1.54) is 36.9 Å². The van der Waals surface area contributed by atoms with Crippen LogP contribution in [0, 0.1) is 0 Å². The maximum Gasteiger partial charge on any atom is 0.143 e. The Morgan fingerprint density at radius 2 is 0.948 bits per heavy atom. The van der Waals surface area contributed by atoms with Crippen molar-refractivity contribution in [3.05, 3.63) is 200 Å². The van der Waals surface area contributed by atoms with Gasteiger partial charge in [0.05, 0.1) is 0 Å². The zero-order chi connectivity index (χ0) is 38.2. The largest absolute Gasteiger partial charge is 0.456 e. The molecular formula is C54H33NO2S. The predicted molar refractivity (Wildman–Crippen MR) is 245 cm³/mol. The van der Waals surface area contributed by atoms with E-state index >= 15 is 0 Å². The summed E-state index contributed by atoms with van der Waals surface area (Å²) in [6.45, 7) is 0. The molecule has 0 aliphatic carbocycles. The van der Waals surface area contributed by atoms with E-state index in [0.717, 1.165) is 77.6 Å². The fourth-order valence-corrected chi connectivity index (χ4v) is 9.78. The van der Waals surface area contributed by atoms with Crippen molar-refractivity contribution in [1.29, 1.82) is 0 Å². The molecule has 0 aliphatic rings. The average Bonchev–Trinajstić information content (AvgIpc) is 3.97. The van der Waals surface area contributed by atoms with Gasteiger partial charge in [-0.05, 0) is 107 Å². The summed E-state index contributed by atoms with van der Waals surface area (Å²) in [5, 5.41) is 6.99. The van der Waals surface area contributed by atoms with Crippen molar-refractivity contribution in [2.24, 2.45) is 0 Å². The molecule has 272 valence electrons. The maximum absolute atomic E-state index is 6.61. The molecule has 3 aromatic heterocycles. The molecule has 0 atom stereocenters. The molecule has 0 saturated carbocycles. The second-order valence-corrected chi connectivity index (χ2v) is 16.0. The van der Waals surface area contributed by atoms with E-state index in [2.05, 4.69) is 193 Å². The summed E-state index contributed by atoms with van der Waals surface area (Å²) >= 11 is 1.85. The summed E-state index contributed by atoms with van der Waals surface area (Å²) in [6.07, 6.45) is 0. The van der Waals surface area contributed by atoms with E-state index in [9.17, 15) is 0 Å². The minimum Gasteiger partial charge on any atom is -0.456 e. The highest BCUT2D eigenvalue weighted by molar-refractivity contribution is 7.25. The molecule has 12 aromatic rings. The third kappa shape index (κ3) is 5.34. The van der Waals surface area contributed by atoms with Gasteiger partial charge in [0, 0.05) is 64.3 Å². The van der Waals surface area contributed by atoms with E-state index < -0.39 is 0 Å². The quantitative estimate of drug-likeness (QED) is 0.169. The molecule has 3 nitrogen and oxygen atoms in total. The number of fused-ring (bicyclic) bond motifs is 9. The van der Waals surface area contributed by atoms with Crippen LogP contribution in [0.4, 0.5) is 17.1 Å². The molecular weight excluding hydrogens is 727 g/mol. The number of furan rings is 2. The normalized spacial score (nSPS) is 11.8. The lowest BCUT2D eigenvalue weighted by atomic mass is 9.98. The Labute approximate surface area is 338 Å². The van der Waals surface area contributed by atoms with Crippen LogP contribution >= 0.6 is 11.3 Å². The molecule has 0 aliphatic heterocycles. The highest BCUT2D eigenvalue weighted by Gasteiger charge is 2.18. The molecule has 58 heavy (non-hydrogen) atoms. The minimum atomic E-state index is 0.878. The average molecular weight is 760 g/mol. The molecule has 0 N–H and O–H groups in total. The first kappa shape index (κ1) is 32.8. The van der Waals surface area contributed by atoms with E-state index in [4.69, 9.17) is 8.83 Å². The fourth-order valence-electron chi connectivity index (χ4n) is 8.66. The van der Waals surface area contributed by atoms with Gasteiger partial charge in [-0.2, -0.15) is 0 Å². The molecule has 0 bridgehead atoms. The van der Waals surface area contributed by atoms with Crippen LogP contribution in [0.25, 0.3) is 97.4 Å². The number of thiophene rings is 1. The summed E-state index contributed by atoms with van der Waals surface area (Å²) in [6, 6.07) is 71.5. The topological polar surface area (TPSA) is 29.5 Å². The lowest BCUT2D eigenvalue weighted by Crippen LogP contribution is -2.09. The zero-order valence-electron chi connectivity index (χ0n) is 31.2. The van der Waals surface area contributed by atoms with Crippen LogP contribution in [-0.4, -0.2) is 0 Å². The summed E-state index contributed by atoms with van der Waals surface area (Å²) in [4.78, 5) is 2.36. The van der Waals surface area contributed by atoms with Crippen molar-refractivity contribution >= 4 is 92.4 Å². The standard InChI is InChI=1S/C54H33NO2S/c1-3-11-34(12-4-1)35-13-9-16-40(29-35)55(39-14-5-2-6-15-39)41-24-26-45-48-31-37(23-28-52(48)58-53(45)33-41)36-22-27-50-47(30-36)46-19-10-18-42(54(46)57-50)38-21-25-44-43-17-7-8-20-49(43)56-51(44)32-38/h1-33H. The van der Waals surface area contributed by atoms with Crippen LogP contribution in [0.5, 0.6) is 0 Å². The predicted octanol–water partition coefficient (Wildman–Crippen LogP) is 16.3. The first-order valence-corrected chi connectivity index (χ1v) is 20.4. The van der Waals surface area contributed by atoms with Crippen LogP contribution in [0.2, 0.25) is 0 Å². The monoisotopic (exact) mass is 759 g/mol. The van der Waals surface area contributed by atoms with E-state index in [-0.39, 0.29) is 0 Å². The highest BCUT2D eigenvalue weighted by Crippen LogP contribution is 2.44. The second-order valence-electron chi connectivity index (χ2n) is 14.9. The molecule has 0 amide bonds. The molecule has 9 aromatic carbocycles. The van der Waals surface area contributed by atoms with E-state index in [1.54, 1.807) is 0 Å². The first-order valence-electron chi connectivity index (χ1n) is 19.6. The third-order valence-electron chi connectivity index (χ3n) is 11.5. The van der Waals surface area contributed by atoms with Gasteiger partial charge < -0.3 is 13.7 Å². The molecule has 4 heteroatoms. The molecule has 0 spiro atoms. The van der Waals surface area contributed by atoms with Gasteiger partial charge in [-0.25, -0.2) is 0 Å². The summed E-state index contributed by atoms with van der Waals surface area (Å²) in [5.74, 6) is 0. The van der Waals surface area contributed by atoms with Crippen LogP contribution in [0.15, 0.2) is 209 Å².